The Morgan fingerprint density at radius 3 is 2.62 bits per heavy atom. The summed E-state index contributed by atoms with van der Waals surface area (Å²) in [6, 6.07) is 14.6. The smallest absolute Gasteiger partial charge is 0.253 e. The first kappa shape index (κ1) is 15.1. The van der Waals surface area contributed by atoms with Crippen LogP contribution in [0.5, 0.6) is 0 Å². The third kappa shape index (κ3) is 4.09. The van der Waals surface area contributed by atoms with Gasteiger partial charge in [-0.25, -0.2) is 0 Å². The molecule has 1 amide bonds. The number of nitrogens with two attached hydrogens (primary N) is 1. The molecule has 0 spiro atoms. The second-order valence-electron chi connectivity index (χ2n) is 4.33. The second kappa shape index (κ2) is 7.49. The Kier molecular flexibility index (Phi) is 5.39. The maximum Gasteiger partial charge on any atom is 0.253 e. The molecule has 0 unspecified atom stereocenters. The third-order valence-corrected chi connectivity index (χ3v) is 3.23. The van der Waals surface area contributed by atoms with Crippen LogP contribution in [0.15, 0.2) is 48.5 Å². The van der Waals surface area contributed by atoms with Crippen molar-refractivity contribution in [2.75, 3.05) is 6.54 Å². The van der Waals surface area contributed by atoms with E-state index >= 15 is 0 Å². The minimum atomic E-state index is -0.206. The van der Waals surface area contributed by atoms with Crippen molar-refractivity contribution in [1.29, 1.82) is 0 Å². The van der Waals surface area contributed by atoms with Crippen molar-refractivity contribution < 1.29 is 4.79 Å². The standard InChI is InChI=1S/C17H15ClN2O/c18-16-10-4-3-9-15(16)17(21)20-12-14-7-2-1-6-13(14)8-5-11-19/h1-4,6-7,9-10H,11-12,19H2,(H,20,21). The topological polar surface area (TPSA) is 55.1 Å². The van der Waals surface area contributed by atoms with Crippen molar-refractivity contribution in [2.45, 2.75) is 6.54 Å². The molecule has 0 bridgehead atoms. The van der Waals surface area contributed by atoms with E-state index in [0.717, 1.165) is 11.1 Å². The largest absolute Gasteiger partial charge is 0.348 e. The van der Waals surface area contributed by atoms with Crippen LogP contribution < -0.4 is 11.1 Å². The monoisotopic (exact) mass is 298 g/mol. The molecule has 0 saturated heterocycles. The molecule has 0 saturated carbocycles. The highest BCUT2D eigenvalue weighted by molar-refractivity contribution is 6.33. The van der Waals surface area contributed by atoms with Gasteiger partial charge in [0.25, 0.3) is 5.91 Å². The predicted octanol–water partition coefficient (Wildman–Crippen LogP) is 2.58. The lowest BCUT2D eigenvalue weighted by Crippen LogP contribution is -2.23. The van der Waals surface area contributed by atoms with E-state index in [2.05, 4.69) is 17.2 Å². The van der Waals surface area contributed by atoms with Gasteiger partial charge in [0.2, 0.25) is 0 Å². The van der Waals surface area contributed by atoms with Crippen LogP contribution in [0.1, 0.15) is 21.5 Å². The zero-order valence-electron chi connectivity index (χ0n) is 11.4. The highest BCUT2D eigenvalue weighted by Crippen LogP contribution is 2.15. The number of carbonyl (C=O) groups is 1. The first-order valence-electron chi connectivity index (χ1n) is 6.52. The van der Waals surface area contributed by atoms with Crippen LogP contribution >= 0.6 is 11.6 Å². The van der Waals surface area contributed by atoms with E-state index in [1.54, 1.807) is 24.3 Å². The van der Waals surface area contributed by atoms with Crippen LogP contribution in [-0.4, -0.2) is 12.5 Å². The van der Waals surface area contributed by atoms with Crippen LogP contribution in [0.2, 0.25) is 5.02 Å². The Balaban J connectivity index is 2.10. The summed E-state index contributed by atoms with van der Waals surface area (Å²) in [4.78, 5) is 12.1. The average Bonchev–Trinajstić information content (AvgIpc) is 2.52. The zero-order chi connectivity index (χ0) is 15.1. The molecule has 0 aliphatic rings. The van der Waals surface area contributed by atoms with E-state index in [9.17, 15) is 4.79 Å². The van der Waals surface area contributed by atoms with Gasteiger partial charge in [0.05, 0.1) is 17.1 Å². The van der Waals surface area contributed by atoms with Crippen molar-refractivity contribution in [2.24, 2.45) is 5.73 Å². The summed E-state index contributed by atoms with van der Waals surface area (Å²) < 4.78 is 0. The van der Waals surface area contributed by atoms with Gasteiger partial charge in [0.15, 0.2) is 0 Å². The SMILES string of the molecule is NCC#Cc1ccccc1CNC(=O)c1ccccc1Cl. The number of hydrogen-bond donors (Lipinski definition) is 2. The number of rotatable bonds is 3. The molecular formula is C17H15ClN2O. The number of halogens is 1. The molecular weight excluding hydrogens is 284 g/mol. The summed E-state index contributed by atoms with van der Waals surface area (Å²) in [5.74, 6) is 5.61. The van der Waals surface area contributed by atoms with Crippen LogP contribution in [0.3, 0.4) is 0 Å². The third-order valence-electron chi connectivity index (χ3n) is 2.90. The number of amides is 1. The molecule has 0 aromatic heterocycles. The van der Waals surface area contributed by atoms with Gasteiger partial charge in [-0.3, -0.25) is 4.79 Å². The number of nitrogens with one attached hydrogen (secondary N) is 1. The average molecular weight is 299 g/mol. The molecule has 2 aromatic carbocycles. The summed E-state index contributed by atoms with van der Waals surface area (Å²) in [6.07, 6.45) is 0. The lowest BCUT2D eigenvalue weighted by molar-refractivity contribution is 0.0951. The Morgan fingerprint density at radius 1 is 1.14 bits per heavy atom. The molecule has 106 valence electrons. The van der Waals surface area contributed by atoms with Crippen LogP contribution in [0.4, 0.5) is 0 Å². The van der Waals surface area contributed by atoms with Crippen LogP contribution in [0, 0.1) is 11.8 Å². The van der Waals surface area contributed by atoms with Gasteiger partial charge in [-0.1, -0.05) is 53.8 Å². The highest BCUT2D eigenvalue weighted by atomic mass is 35.5. The highest BCUT2D eigenvalue weighted by Gasteiger charge is 2.09. The maximum absolute atomic E-state index is 12.1. The molecule has 21 heavy (non-hydrogen) atoms. The number of benzene rings is 2. The summed E-state index contributed by atoms with van der Waals surface area (Å²) >= 11 is 6.00. The van der Waals surface area contributed by atoms with Gasteiger partial charge in [-0.15, -0.1) is 0 Å². The maximum atomic E-state index is 12.1. The fourth-order valence-electron chi connectivity index (χ4n) is 1.86. The lowest BCUT2D eigenvalue weighted by atomic mass is 10.1. The van der Waals surface area contributed by atoms with Gasteiger partial charge < -0.3 is 11.1 Å². The van der Waals surface area contributed by atoms with Crippen LogP contribution in [-0.2, 0) is 6.54 Å². The molecule has 2 rings (SSSR count). The normalized spacial score (nSPS) is 9.62. The molecule has 3 nitrogen and oxygen atoms in total. The Bertz CT molecular complexity index is 701. The minimum Gasteiger partial charge on any atom is -0.348 e. The van der Waals surface area contributed by atoms with E-state index in [1.165, 1.54) is 0 Å². The first-order chi connectivity index (χ1) is 10.2. The Labute approximate surface area is 129 Å². The van der Waals surface area contributed by atoms with E-state index in [0.29, 0.717) is 23.7 Å². The first-order valence-corrected chi connectivity index (χ1v) is 6.89. The number of carbonyl (C=O) groups excluding carboxylic acids is 1. The second-order valence-corrected chi connectivity index (χ2v) is 4.73. The van der Waals surface area contributed by atoms with Crippen molar-refractivity contribution in [3.8, 4) is 11.8 Å². The summed E-state index contributed by atoms with van der Waals surface area (Å²) in [6.45, 7) is 0.694. The molecule has 3 N–H and O–H groups in total. The van der Waals surface area contributed by atoms with Gasteiger partial charge in [-0.2, -0.15) is 0 Å². The van der Waals surface area contributed by atoms with Crippen molar-refractivity contribution >= 4 is 17.5 Å². The molecule has 0 atom stereocenters. The summed E-state index contributed by atoms with van der Waals surface area (Å²) in [7, 11) is 0. The van der Waals surface area contributed by atoms with Crippen molar-refractivity contribution in [3.63, 3.8) is 0 Å². The van der Waals surface area contributed by atoms with Gasteiger partial charge in [0, 0.05) is 12.1 Å². The van der Waals surface area contributed by atoms with E-state index < -0.39 is 0 Å². The number of hydrogen-bond acceptors (Lipinski definition) is 2. The quantitative estimate of drug-likeness (QED) is 0.856. The van der Waals surface area contributed by atoms with Crippen LogP contribution in [0.25, 0.3) is 0 Å². The molecule has 0 fully saturated rings. The predicted molar refractivity (Wildman–Crippen MR) is 85.0 cm³/mol. The fourth-order valence-corrected chi connectivity index (χ4v) is 2.08. The zero-order valence-corrected chi connectivity index (χ0v) is 12.2. The van der Waals surface area contributed by atoms with E-state index in [-0.39, 0.29) is 5.91 Å². The molecule has 0 radical (unpaired) electrons. The molecule has 0 aliphatic heterocycles. The van der Waals surface area contributed by atoms with Crippen molar-refractivity contribution in [1.82, 2.24) is 5.32 Å². The summed E-state index contributed by atoms with van der Waals surface area (Å²) in [5.41, 5.74) is 7.65. The molecule has 0 aliphatic carbocycles. The van der Waals surface area contributed by atoms with Crippen molar-refractivity contribution in [3.05, 3.63) is 70.2 Å². The van der Waals surface area contributed by atoms with E-state index in [1.807, 2.05) is 24.3 Å². The fraction of sp³-hybridized carbons (Fsp3) is 0.118. The molecule has 4 heteroatoms. The molecule has 2 aromatic rings. The Hall–Kier alpha value is -2.28. The molecule has 0 heterocycles. The minimum absolute atomic E-state index is 0.206. The summed E-state index contributed by atoms with van der Waals surface area (Å²) in [5, 5.41) is 3.29. The van der Waals surface area contributed by atoms with Gasteiger partial charge in [0.1, 0.15) is 0 Å². The van der Waals surface area contributed by atoms with E-state index in [4.69, 9.17) is 17.3 Å². The van der Waals surface area contributed by atoms with Gasteiger partial charge >= 0.3 is 0 Å². The lowest BCUT2D eigenvalue weighted by Gasteiger charge is -2.08. The Morgan fingerprint density at radius 2 is 1.86 bits per heavy atom. The van der Waals surface area contributed by atoms with Gasteiger partial charge in [-0.05, 0) is 23.8 Å².